The number of oxime groups is 1. The van der Waals surface area contributed by atoms with Gasteiger partial charge in [0.15, 0.2) is 0 Å². The van der Waals surface area contributed by atoms with Crippen molar-refractivity contribution in [2.45, 2.75) is 76.0 Å². The average molecular weight is 853 g/mol. The molecular formula is C50H64N2O10. The molecule has 1 saturated carbocycles. The van der Waals surface area contributed by atoms with Crippen LogP contribution in [-0.4, -0.2) is 103 Å². The standard InChI is InChI=1S/C50H64N2O10/c1-4-7-30-58-49(56)52(25-31-57-32-28-55)46-35-44(51-60-6-3)42-33-38(17-11-13-26-53)41(18-12-14-27-54)47-43-34-40(23-24-45(43)62-50(46,48(42)47)59-29-5-2)61-39-21-19-37(20-22-39)36-15-9-8-10-16-36/h4-5,8-10,15-16,19-24,33-34,38,41,46-48,53-55H,1-2,6-7,11-14,17-18,25-32,35H2,3H3. The molecule has 6 atom stereocenters. The van der Waals surface area contributed by atoms with E-state index < -0.39 is 23.8 Å². The quantitative estimate of drug-likeness (QED) is 0.0429. The molecule has 0 spiro atoms. The Morgan fingerprint density at radius 1 is 0.887 bits per heavy atom. The molecule has 62 heavy (non-hydrogen) atoms. The molecule has 12 nitrogen and oxygen atoms in total. The molecule has 1 aliphatic heterocycles. The molecule has 12 heteroatoms. The van der Waals surface area contributed by atoms with E-state index in [0.29, 0.717) is 48.8 Å². The summed E-state index contributed by atoms with van der Waals surface area (Å²) in [5, 5.41) is 34.1. The minimum absolute atomic E-state index is 0.0386. The van der Waals surface area contributed by atoms with Crippen LogP contribution in [0.1, 0.15) is 69.8 Å². The summed E-state index contributed by atoms with van der Waals surface area (Å²) >= 11 is 0. The van der Waals surface area contributed by atoms with Crippen molar-refractivity contribution in [1.82, 2.24) is 4.90 Å². The Morgan fingerprint density at radius 3 is 2.34 bits per heavy atom. The molecule has 2 aliphatic carbocycles. The van der Waals surface area contributed by atoms with E-state index in [1.165, 1.54) is 0 Å². The summed E-state index contributed by atoms with van der Waals surface area (Å²) in [5.41, 5.74) is 4.76. The van der Waals surface area contributed by atoms with Crippen molar-refractivity contribution >= 4 is 11.8 Å². The number of amides is 1. The van der Waals surface area contributed by atoms with Gasteiger partial charge in [-0.3, -0.25) is 4.90 Å². The number of aliphatic hydroxyl groups excluding tert-OH is 3. The lowest BCUT2D eigenvalue weighted by atomic mass is 9.55. The fourth-order valence-corrected chi connectivity index (χ4v) is 9.35. The van der Waals surface area contributed by atoms with Gasteiger partial charge in [0.2, 0.25) is 5.79 Å². The van der Waals surface area contributed by atoms with Crippen LogP contribution in [-0.2, 0) is 19.0 Å². The second kappa shape index (κ2) is 23.5. The van der Waals surface area contributed by atoms with Crippen LogP contribution in [0.25, 0.3) is 11.1 Å². The van der Waals surface area contributed by atoms with Crippen LogP contribution < -0.4 is 9.47 Å². The van der Waals surface area contributed by atoms with Crippen LogP contribution in [0.5, 0.6) is 17.2 Å². The Bertz CT molecular complexity index is 1950. The Hall–Kier alpha value is -4.98. The number of benzene rings is 3. The number of nitrogens with zero attached hydrogens (tertiary/aromatic N) is 2. The lowest BCUT2D eigenvalue weighted by molar-refractivity contribution is -0.256. The SMILES string of the molecule is C=CCCOC(=O)N(CCOCCO)C1CC(=NOCC)C2=CC(CCCCO)C(CCCCO)C3c4cc(Oc5ccc(-c6ccccc6)cc5)ccc4OC1(OCC=C)C23. The maximum atomic E-state index is 14.3. The number of aliphatic hydroxyl groups is 3. The van der Waals surface area contributed by atoms with Crippen LogP contribution in [0.2, 0.25) is 0 Å². The van der Waals surface area contributed by atoms with E-state index in [1.54, 1.807) is 17.1 Å². The number of hydrogen-bond donors (Lipinski definition) is 3. The van der Waals surface area contributed by atoms with E-state index in [2.05, 4.69) is 37.4 Å². The molecule has 6 unspecified atom stereocenters. The Balaban J connectivity index is 1.52. The maximum absolute atomic E-state index is 14.3. The van der Waals surface area contributed by atoms with Crippen LogP contribution >= 0.6 is 0 Å². The fraction of sp³-hybridized carbons (Fsp3) is 0.480. The predicted molar refractivity (Wildman–Crippen MR) is 239 cm³/mol. The zero-order chi connectivity index (χ0) is 43.7. The third-order valence-corrected chi connectivity index (χ3v) is 12.0. The lowest BCUT2D eigenvalue weighted by Gasteiger charge is -2.59. The van der Waals surface area contributed by atoms with Crippen LogP contribution in [0.15, 0.2) is 115 Å². The van der Waals surface area contributed by atoms with Crippen molar-refractivity contribution in [2.75, 3.05) is 59.4 Å². The van der Waals surface area contributed by atoms with Crippen molar-refractivity contribution in [2.24, 2.45) is 22.9 Å². The summed E-state index contributed by atoms with van der Waals surface area (Å²) in [5.74, 6) is -0.136. The van der Waals surface area contributed by atoms with Gasteiger partial charge in [-0.15, -0.1) is 13.2 Å². The summed E-state index contributed by atoms with van der Waals surface area (Å²) < 4.78 is 32.5. The van der Waals surface area contributed by atoms with Crippen molar-refractivity contribution < 1.29 is 48.6 Å². The van der Waals surface area contributed by atoms with Gasteiger partial charge < -0.3 is 43.8 Å². The van der Waals surface area contributed by atoms with Crippen molar-refractivity contribution in [3.63, 3.8) is 0 Å². The average Bonchev–Trinajstić information content (AvgIpc) is 3.29. The molecule has 0 radical (unpaired) electrons. The Kier molecular flexibility index (Phi) is 17.6. The normalized spacial score (nSPS) is 23.0. The molecule has 1 amide bonds. The highest BCUT2D eigenvalue weighted by atomic mass is 16.7. The number of carbonyl (C=O) groups is 1. The molecule has 1 fully saturated rings. The van der Waals surface area contributed by atoms with E-state index in [-0.39, 0.29) is 77.0 Å². The van der Waals surface area contributed by atoms with Crippen molar-refractivity contribution in [1.29, 1.82) is 0 Å². The fourth-order valence-electron chi connectivity index (χ4n) is 9.35. The smallest absolute Gasteiger partial charge is 0.410 e. The van der Waals surface area contributed by atoms with E-state index in [4.69, 9.17) is 33.7 Å². The third kappa shape index (κ3) is 11.0. The second-order valence-electron chi connectivity index (χ2n) is 15.9. The van der Waals surface area contributed by atoms with E-state index in [1.807, 2.05) is 61.5 Å². The van der Waals surface area contributed by atoms with Gasteiger partial charge in [-0.05, 0) is 97.9 Å². The zero-order valence-electron chi connectivity index (χ0n) is 36.1. The summed E-state index contributed by atoms with van der Waals surface area (Å²) in [4.78, 5) is 21.8. The van der Waals surface area contributed by atoms with Gasteiger partial charge in [-0.25, -0.2) is 4.79 Å². The molecule has 0 bridgehead atoms. The van der Waals surface area contributed by atoms with Gasteiger partial charge in [-0.2, -0.15) is 0 Å². The molecule has 3 aliphatic rings. The number of allylic oxidation sites excluding steroid dienone is 1. The molecule has 334 valence electrons. The lowest BCUT2D eigenvalue weighted by Crippen LogP contribution is -2.70. The van der Waals surface area contributed by atoms with Gasteiger partial charge in [0.1, 0.15) is 29.9 Å². The summed E-state index contributed by atoms with van der Waals surface area (Å²) in [7, 11) is 0. The number of ether oxygens (including phenoxy) is 5. The second-order valence-corrected chi connectivity index (χ2v) is 15.9. The van der Waals surface area contributed by atoms with Gasteiger partial charge >= 0.3 is 6.09 Å². The summed E-state index contributed by atoms with van der Waals surface area (Å²) in [6, 6.07) is 23.4. The van der Waals surface area contributed by atoms with E-state index in [0.717, 1.165) is 47.9 Å². The van der Waals surface area contributed by atoms with Gasteiger partial charge in [0, 0.05) is 37.7 Å². The van der Waals surface area contributed by atoms with Crippen molar-refractivity contribution in [3.05, 3.63) is 115 Å². The third-order valence-electron chi connectivity index (χ3n) is 12.0. The Labute approximate surface area is 366 Å². The molecule has 3 N–H and O–H groups in total. The predicted octanol–water partition coefficient (Wildman–Crippen LogP) is 8.82. The largest absolute Gasteiger partial charge is 0.459 e. The summed E-state index contributed by atoms with van der Waals surface area (Å²) in [6.45, 7) is 10.6. The molecule has 6 rings (SSSR count). The van der Waals surface area contributed by atoms with Crippen LogP contribution in [0, 0.1) is 17.8 Å². The van der Waals surface area contributed by atoms with E-state index >= 15 is 0 Å². The zero-order valence-corrected chi connectivity index (χ0v) is 36.1. The first-order valence-corrected chi connectivity index (χ1v) is 22.2. The monoisotopic (exact) mass is 852 g/mol. The summed E-state index contributed by atoms with van der Waals surface area (Å²) in [6.07, 6.45) is 10.4. The highest BCUT2D eigenvalue weighted by molar-refractivity contribution is 6.03. The molecular weight excluding hydrogens is 789 g/mol. The first kappa shape index (κ1) is 46.5. The highest BCUT2D eigenvalue weighted by Gasteiger charge is 2.65. The van der Waals surface area contributed by atoms with Crippen LogP contribution in [0.4, 0.5) is 4.79 Å². The van der Waals surface area contributed by atoms with Gasteiger partial charge in [0.25, 0.3) is 0 Å². The number of rotatable bonds is 25. The Morgan fingerprint density at radius 2 is 1.63 bits per heavy atom. The number of unbranched alkanes of at least 4 members (excludes halogenated alkanes) is 2. The highest BCUT2D eigenvalue weighted by Crippen LogP contribution is 2.62. The van der Waals surface area contributed by atoms with Crippen LogP contribution in [0.3, 0.4) is 0 Å². The molecule has 1 heterocycles. The molecule has 3 aromatic carbocycles. The number of carbonyl (C=O) groups excluding carboxylic acids is 1. The van der Waals surface area contributed by atoms with Gasteiger partial charge in [0.05, 0.1) is 44.7 Å². The molecule has 0 aromatic heterocycles. The van der Waals surface area contributed by atoms with E-state index in [9.17, 15) is 20.1 Å². The maximum Gasteiger partial charge on any atom is 0.410 e. The topological polar surface area (TPSA) is 149 Å². The first-order valence-electron chi connectivity index (χ1n) is 22.2. The van der Waals surface area contributed by atoms with Crippen molar-refractivity contribution in [3.8, 4) is 28.4 Å². The van der Waals surface area contributed by atoms with Gasteiger partial charge in [-0.1, -0.05) is 78.7 Å². The number of fused-ring (bicyclic) bond motifs is 2. The first-order chi connectivity index (χ1) is 30.4. The molecule has 0 saturated heterocycles. The minimum Gasteiger partial charge on any atom is -0.459 e. The molecule has 3 aromatic rings. The minimum atomic E-state index is -1.46. The number of hydrogen-bond acceptors (Lipinski definition) is 11.